The van der Waals surface area contributed by atoms with Crippen molar-refractivity contribution in [1.29, 1.82) is 0 Å². The van der Waals surface area contributed by atoms with Crippen LogP contribution in [0.5, 0.6) is 0 Å². The van der Waals surface area contributed by atoms with E-state index in [0.717, 1.165) is 28.1 Å². The Kier molecular flexibility index (Phi) is 2.51. The first kappa shape index (κ1) is 11.7. The molecule has 6 nitrogen and oxygen atoms in total. The number of pyridine rings is 1. The second-order valence-corrected chi connectivity index (χ2v) is 4.75. The molecule has 0 aromatic carbocycles. The van der Waals surface area contributed by atoms with Gasteiger partial charge >= 0.3 is 0 Å². The summed E-state index contributed by atoms with van der Waals surface area (Å²) < 4.78 is 3.78. The number of hydrogen-bond donors (Lipinski definition) is 1. The van der Waals surface area contributed by atoms with Crippen LogP contribution in [0.1, 0.15) is 17.0 Å². The summed E-state index contributed by atoms with van der Waals surface area (Å²) >= 11 is 0. The molecule has 98 valence electrons. The average molecular weight is 256 g/mol. The largest absolute Gasteiger partial charge is 0.369 e. The Balaban J connectivity index is 2.09. The first-order valence-corrected chi connectivity index (χ1v) is 6.13. The van der Waals surface area contributed by atoms with E-state index in [4.69, 9.17) is 5.73 Å². The Bertz CT molecular complexity index is 735. The van der Waals surface area contributed by atoms with Crippen LogP contribution in [-0.2, 0) is 13.6 Å². The lowest BCUT2D eigenvalue weighted by Gasteiger charge is -2.07. The molecule has 2 N–H and O–H groups in total. The van der Waals surface area contributed by atoms with Crippen LogP contribution in [0.25, 0.3) is 11.2 Å². The predicted octanol–water partition coefficient (Wildman–Crippen LogP) is 1.41. The zero-order valence-corrected chi connectivity index (χ0v) is 11.3. The maximum absolute atomic E-state index is 6.00. The fourth-order valence-electron chi connectivity index (χ4n) is 2.28. The van der Waals surface area contributed by atoms with Crippen molar-refractivity contribution in [3.05, 3.63) is 35.3 Å². The zero-order chi connectivity index (χ0) is 13.6. The topological polar surface area (TPSA) is 74.6 Å². The number of rotatable bonds is 2. The van der Waals surface area contributed by atoms with Crippen molar-refractivity contribution >= 4 is 17.1 Å². The molecule has 0 aliphatic heterocycles. The minimum Gasteiger partial charge on any atom is -0.369 e. The highest BCUT2D eigenvalue weighted by Crippen LogP contribution is 2.21. The van der Waals surface area contributed by atoms with Gasteiger partial charge in [-0.2, -0.15) is 5.10 Å². The molecule has 0 spiro atoms. The van der Waals surface area contributed by atoms with Gasteiger partial charge in [0.25, 0.3) is 0 Å². The van der Waals surface area contributed by atoms with E-state index in [9.17, 15) is 0 Å². The summed E-state index contributed by atoms with van der Waals surface area (Å²) in [6, 6.07) is 4.05. The predicted molar refractivity (Wildman–Crippen MR) is 73.7 cm³/mol. The third-order valence-electron chi connectivity index (χ3n) is 3.23. The Morgan fingerprint density at radius 1 is 1.26 bits per heavy atom. The highest BCUT2D eigenvalue weighted by atomic mass is 15.3. The van der Waals surface area contributed by atoms with Crippen LogP contribution in [0.3, 0.4) is 0 Å². The van der Waals surface area contributed by atoms with Gasteiger partial charge < -0.3 is 5.73 Å². The Hall–Kier alpha value is -2.37. The lowest BCUT2D eigenvalue weighted by Crippen LogP contribution is -2.08. The summed E-state index contributed by atoms with van der Waals surface area (Å²) in [7, 11) is 1.90. The van der Waals surface area contributed by atoms with Crippen molar-refractivity contribution in [2.24, 2.45) is 7.05 Å². The molecule has 3 aromatic heterocycles. The van der Waals surface area contributed by atoms with Crippen molar-refractivity contribution in [2.45, 2.75) is 20.4 Å². The lowest BCUT2D eigenvalue weighted by atomic mass is 10.2. The van der Waals surface area contributed by atoms with E-state index in [2.05, 4.69) is 21.1 Å². The summed E-state index contributed by atoms with van der Waals surface area (Å²) in [6.07, 6.45) is 1.86. The summed E-state index contributed by atoms with van der Waals surface area (Å²) in [5.41, 5.74) is 10.8. The summed E-state index contributed by atoms with van der Waals surface area (Å²) in [6.45, 7) is 4.55. The minimum absolute atomic E-state index is 0.506. The number of aryl methyl sites for hydroxylation is 3. The van der Waals surface area contributed by atoms with Gasteiger partial charge in [0.2, 0.25) is 5.95 Å². The van der Waals surface area contributed by atoms with E-state index in [1.807, 2.05) is 42.4 Å². The van der Waals surface area contributed by atoms with Gasteiger partial charge in [0.1, 0.15) is 5.52 Å². The first-order chi connectivity index (χ1) is 9.06. The van der Waals surface area contributed by atoms with Gasteiger partial charge in [0, 0.05) is 18.9 Å². The number of nitrogen functional groups attached to an aromatic ring is 1. The van der Waals surface area contributed by atoms with Crippen molar-refractivity contribution in [1.82, 2.24) is 24.3 Å². The van der Waals surface area contributed by atoms with Crippen molar-refractivity contribution in [3.8, 4) is 0 Å². The fraction of sp³-hybridized carbons (Fsp3) is 0.308. The van der Waals surface area contributed by atoms with Crippen molar-refractivity contribution < 1.29 is 0 Å². The number of nitrogens with zero attached hydrogens (tertiary/aromatic N) is 5. The second kappa shape index (κ2) is 4.08. The second-order valence-electron chi connectivity index (χ2n) is 4.75. The molecule has 0 fully saturated rings. The normalized spacial score (nSPS) is 11.3. The fourth-order valence-corrected chi connectivity index (χ4v) is 2.28. The third kappa shape index (κ3) is 1.85. The quantitative estimate of drug-likeness (QED) is 0.752. The highest BCUT2D eigenvalue weighted by Gasteiger charge is 2.15. The number of fused-ring (bicyclic) bond motifs is 1. The smallest absolute Gasteiger partial charge is 0.202 e. The van der Waals surface area contributed by atoms with Crippen LogP contribution < -0.4 is 5.73 Å². The van der Waals surface area contributed by atoms with Crippen LogP contribution in [0, 0.1) is 13.8 Å². The van der Waals surface area contributed by atoms with E-state index in [1.54, 1.807) is 0 Å². The Morgan fingerprint density at radius 3 is 2.74 bits per heavy atom. The molecule has 0 bridgehead atoms. The van der Waals surface area contributed by atoms with Gasteiger partial charge in [0.15, 0.2) is 5.65 Å². The number of imidazole rings is 1. The van der Waals surface area contributed by atoms with Crippen LogP contribution in [0.2, 0.25) is 0 Å². The zero-order valence-electron chi connectivity index (χ0n) is 11.3. The molecule has 0 unspecified atom stereocenters. The van der Waals surface area contributed by atoms with Gasteiger partial charge in [-0.1, -0.05) is 6.07 Å². The molecule has 3 heterocycles. The summed E-state index contributed by atoms with van der Waals surface area (Å²) in [5, 5.41) is 4.37. The van der Waals surface area contributed by atoms with Gasteiger partial charge in [-0.3, -0.25) is 14.2 Å². The molecule has 0 amide bonds. The maximum atomic E-state index is 6.00. The van der Waals surface area contributed by atoms with Gasteiger partial charge in [0.05, 0.1) is 12.2 Å². The lowest BCUT2D eigenvalue weighted by molar-refractivity contribution is 0.724. The van der Waals surface area contributed by atoms with E-state index >= 15 is 0 Å². The number of nitrogens with two attached hydrogens (primary N) is 1. The average Bonchev–Trinajstić information content (AvgIpc) is 2.82. The van der Waals surface area contributed by atoms with E-state index in [1.165, 1.54) is 0 Å². The number of aromatic nitrogens is 5. The van der Waals surface area contributed by atoms with E-state index in [0.29, 0.717) is 12.5 Å². The maximum Gasteiger partial charge on any atom is 0.202 e. The molecule has 0 radical (unpaired) electrons. The Morgan fingerprint density at radius 2 is 2.05 bits per heavy atom. The summed E-state index contributed by atoms with van der Waals surface area (Å²) in [4.78, 5) is 8.68. The van der Waals surface area contributed by atoms with E-state index < -0.39 is 0 Å². The van der Waals surface area contributed by atoms with Crippen LogP contribution in [-0.4, -0.2) is 24.3 Å². The molecule has 0 saturated heterocycles. The van der Waals surface area contributed by atoms with Crippen molar-refractivity contribution in [3.63, 3.8) is 0 Å². The van der Waals surface area contributed by atoms with Gasteiger partial charge in [-0.15, -0.1) is 0 Å². The molecule has 3 rings (SSSR count). The van der Waals surface area contributed by atoms with E-state index in [-0.39, 0.29) is 0 Å². The monoisotopic (exact) mass is 256 g/mol. The molecule has 0 aliphatic rings. The number of anilines is 1. The highest BCUT2D eigenvalue weighted by molar-refractivity contribution is 5.77. The minimum atomic E-state index is 0.506. The van der Waals surface area contributed by atoms with Crippen LogP contribution in [0.4, 0.5) is 5.95 Å². The third-order valence-corrected chi connectivity index (χ3v) is 3.23. The number of hydrogen-bond acceptors (Lipinski definition) is 4. The van der Waals surface area contributed by atoms with Crippen LogP contribution in [0.15, 0.2) is 18.3 Å². The molecule has 0 atom stereocenters. The summed E-state index contributed by atoms with van der Waals surface area (Å²) in [5.74, 6) is 0.506. The standard InChI is InChI=1S/C13H16N6/c1-8-4-5-10(6-15-8)7-19-12-11(16-13(19)14)9(2)17-18(12)3/h4-6H,7H2,1-3H3,(H2,14,16). The molecule has 0 aliphatic carbocycles. The Labute approximate surface area is 110 Å². The molecule has 19 heavy (non-hydrogen) atoms. The van der Waals surface area contributed by atoms with Crippen molar-refractivity contribution in [2.75, 3.05) is 5.73 Å². The molecule has 3 aromatic rings. The molecular weight excluding hydrogens is 240 g/mol. The molecular formula is C13H16N6. The molecule has 6 heteroatoms. The molecule has 0 saturated carbocycles. The SMILES string of the molecule is Cc1ccc(Cn2c(N)nc3c(C)nn(C)c32)cn1. The van der Waals surface area contributed by atoms with Crippen LogP contribution >= 0.6 is 0 Å². The first-order valence-electron chi connectivity index (χ1n) is 6.13. The van der Waals surface area contributed by atoms with Gasteiger partial charge in [-0.05, 0) is 25.5 Å². The van der Waals surface area contributed by atoms with Gasteiger partial charge in [-0.25, -0.2) is 4.98 Å².